The van der Waals surface area contributed by atoms with E-state index in [2.05, 4.69) is 13.8 Å². The summed E-state index contributed by atoms with van der Waals surface area (Å²) in [6.07, 6.45) is 0. The molecule has 0 bridgehead atoms. The largest absolute Gasteiger partial charge is 0.506 e. The zero-order chi connectivity index (χ0) is 4.99. The van der Waals surface area contributed by atoms with Crippen molar-refractivity contribution in [1.29, 1.82) is 0 Å². The van der Waals surface area contributed by atoms with Crippen molar-refractivity contribution in [3.8, 4) is 0 Å². The molecule has 1 nitrogen and oxygen atoms in total. The first-order valence-electron chi connectivity index (χ1n) is 2.26. The maximum absolute atomic E-state index is 4.94. The van der Waals surface area contributed by atoms with Crippen LogP contribution in [0.1, 0.15) is 15.3 Å². The Morgan fingerprint density at radius 3 is 2.33 bits per heavy atom. The maximum Gasteiger partial charge on any atom is 0.410 e. The van der Waals surface area contributed by atoms with Gasteiger partial charge in [0.25, 0.3) is 0 Å². The van der Waals surface area contributed by atoms with Crippen LogP contribution in [0.3, 0.4) is 0 Å². The monoisotopic (exact) mass is 104 g/mol. The molecule has 0 aromatic rings. The summed E-state index contributed by atoms with van der Waals surface area (Å²) in [6, 6.07) is 0. The molecule has 0 atom stereocenters. The molecule has 6 heavy (non-hydrogen) atoms. The molecule has 0 rings (SSSR count). The first-order valence-corrected chi connectivity index (χ1v) is 3.08. The SMILES string of the molecule is CC(C)C[O][AlH2].[HH]. The smallest absolute Gasteiger partial charge is 0.410 e. The molecule has 0 aromatic carbocycles. The summed E-state index contributed by atoms with van der Waals surface area (Å²) in [5.74, 6) is 0.711. The molecule has 0 amide bonds. The second kappa shape index (κ2) is 3.67. The normalized spacial score (nSPS) is 9.83. The van der Waals surface area contributed by atoms with Crippen LogP contribution in [0, 0.1) is 5.92 Å². The molecular weight excluding hydrogens is 91.0 g/mol. The molecule has 2 heteroatoms. The number of hydrogen-bond donors (Lipinski definition) is 0. The van der Waals surface area contributed by atoms with Gasteiger partial charge in [-0.25, -0.2) is 0 Å². The average Bonchev–Trinajstić information content (AvgIpc) is 1.35. The van der Waals surface area contributed by atoms with Crippen molar-refractivity contribution in [2.75, 3.05) is 6.61 Å². The first-order chi connectivity index (χ1) is 2.77. The van der Waals surface area contributed by atoms with Crippen LogP contribution in [0.5, 0.6) is 0 Å². The Hall–Kier alpha value is 0.492. The van der Waals surface area contributed by atoms with E-state index in [-0.39, 0.29) is 1.43 Å². The van der Waals surface area contributed by atoms with Crippen LogP contribution in [-0.4, -0.2) is 23.2 Å². The van der Waals surface area contributed by atoms with Gasteiger partial charge >= 0.3 is 16.6 Å². The average molecular weight is 104 g/mol. The van der Waals surface area contributed by atoms with Gasteiger partial charge in [-0.15, -0.1) is 0 Å². The topological polar surface area (TPSA) is 9.23 Å². The minimum absolute atomic E-state index is 0. The number of hydrogen-bond acceptors (Lipinski definition) is 1. The van der Waals surface area contributed by atoms with E-state index in [1.807, 2.05) is 0 Å². The van der Waals surface area contributed by atoms with Crippen molar-refractivity contribution in [3.05, 3.63) is 0 Å². The van der Waals surface area contributed by atoms with Crippen molar-refractivity contribution in [2.45, 2.75) is 13.8 Å². The van der Waals surface area contributed by atoms with Crippen LogP contribution in [0.2, 0.25) is 0 Å². The minimum atomic E-state index is 0. The molecule has 0 spiro atoms. The van der Waals surface area contributed by atoms with Gasteiger partial charge in [0.2, 0.25) is 0 Å². The van der Waals surface area contributed by atoms with Crippen LogP contribution in [-0.2, 0) is 3.79 Å². The van der Waals surface area contributed by atoms with Gasteiger partial charge < -0.3 is 3.79 Å². The highest BCUT2D eigenvalue weighted by molar-refractivity contribution is 5.97. The minimum Gasteiger partial charge on any atom is -0.506 e. The summed E-state index contributed by atoms with van der Waals surface area (Å²) in [5, 5.41) is 0. The molecule has 0 saturated heterocycles. The first kappa shape index (κ1) is 6.49. The quantitative estimate of drug-likeness (QED) is 0.462. The van der Waals surface area contributed by atoms with Crippen LogP contribution in [0.25, 0.3) is 0 Å². The van der Waals surface area contributed by atoms with E-state index in [9.17, 15) is 0 Å². The van der Waals surface area contributed by atoms with Gasteiger partial charge in [0.15, 0.2) is 0 Å². The van der Waals surface area contributed by atoms with Gasteiger partial charge in [0, 0.05) is 8.03 Å². The lowest BCUT2D eigenvalue weighted by Crippen LogP contribution is -1.97. The van der Waals surface area contributed by atoms with Crippen LogP contribution in [0.4, 0.5) is 0 Å². The summed E-state index contributed by atoms with van der Waals surface area (Å²) in [6.45, 7) is 5.24. The van der Waals surface area contributed by atoms with Crippen molar-refractivity contribution >= 4 is 16.6 Å². The Morgan fingerprint density at radius 1 is 1.83 bits per heavy atom. The Bertz CT molecular complexity index is 32.9. The molecule has 0 aliphatic carbocycles. The third-order valence-electron chi connectivity index (χ3n) is 0.500. The Balaban J connectivity index is 0. The molecule has 0 heterocycles. The molecule has 0 fully saturated rings. The summed E-state index contributed by atoms with van der Waals surface area (Å²) in [7, 11) is 0. The van der Waals surface area contributed by atoms with E-state index in [4.69, 9.17) is 3.79 Å². The molecular formula is C4H13AlO. The fourth-order valence-electron chi connectivity index (χ4n) is 0.333. The van der Waals surface area contributed by atoms with E-state index in [1.165, 1.54) is 0 Å². The summed E-state index contributed by atoms with van der Waals surface area (Å²) >= 11 is 0.887. The summed E-state index contributed by atoms with van der Waals surface area (Å²) in [4.78, 5) is 0. The molecule has 0 radical (unpaired) electrons. The van der Waals surface area contributed by atoms with E-state index >= 15 is 0 Å². The van der Waals surface area contributed by atoms with Gasteiger partial charge in [-0.05, 0) is 5.92 Å². The van der Waals surface area contributed by atoms with Crippen molar-refractivity contribution in [2.24, 2.45) is 5.92 Å². The molecule has 0 aromatic heterocycles. The zero-order valence-corrected chi connectivity index (χ0v) is 6.69. The van der Waals surface area contributed by atoms with Gasteiger partial charge in [-0.3, -0.25) is 0 Å². The predicted molar refractivity (Wildman–Crippen MR) is 31.4 cm³/mol. The van der Waals surface area contributed by atoms with Crippen molar-refractivity contribution < 1.29 is 5.22 Å². The predicted octanol–water partition coefficient (Wildman–Crippen LogP) is 0.453. The van der Waals surface area contributed by atoms with Gasteiger partial charge in [0.05, 0.1) is 0 Å². The second-order valence-electron chi connectivity index (χ2n) is 1.85. The van der Waals surface area contributed by atoms with Crippen LogP contribution in [0.15, 0.2) is 0 Å². The molecule has 0 N–H and O–H groups in total. The maximum atomic E-state index is 4.94. The van der Waals surface area contributed by atoms with Gasteiger partial charge in [0.1, 0.15) is 0 Å². The zero-order valence-electron chi connectivity index (χ0n) is 4.69. The summed E-state index contributed by atoms with van der Waals surface area (Å²) in [5.41, 5.74) is 0. The lowest BCUT2D eigenvalue weighted by Gasteiger charge is -1.99. The van der Waals surface area contributed by atoms with Gasteiger partial charge in [-0.2, -0.15) is 0 Å². The van der Waals surface area contributed by atoms with Crippen molar-refractivity contribution in [3.63, 3.8) is 0 Å². The third-order valence-corrected chi connectivity index (χ3v) is 0.833. The molecule has 38 valence electrons. The molecule has 0 aliphatic heterocycles. The Morgan fingerprint density at radius 2 is 2.33 bits per heavy atom. The molecule has 0 saturated carbocycles. The fourth-order valence-corrected chi connectivity index (χ4v) is 1.00. The lowest BCUT2D eigenvalue weighted by molar-refractivity contribution is 0.295. The highest BCUT2D eigenvalue weighted by Crippen LogP contribution is 1.87. The van der Waals surface area contributed by atoms with Gasteiger partial charge in [-0.1, -0.05) is 13.8 Å². The van der Waals surface area contributed by atoms with E-state index in [0.717, 1.165) is 23.2 Å². The molecule has 0 aliphatic rings. The Labute approximate surface area is 48.9 Å². The number of rotatable bonds is 2. The van der Waals surface area contributed by atoms with E-state index in [0.29, 0.717) is 5.92 Å². The lowest BCUT2D eigenvalue weighted by atomic mass is 10.2. The van der Waals surface area contributed by atoms with Crippen LogP contribution < -0.4 is 0 Å². The second-order valence-corrected chi connectivity index (χ2v) is 2.43. The van der Waals surface area contributed by atoms with Crippen molar-refractivity contribution in [1.82, 2.24) is 0 Å². The highest BCUT2D eigenvalue weighted by atomic mass is 27.1. The highest BCUT2D eigenvalue weighted by Gasteiger charge is 1.85. The van der Waals surface area contributed by atoms with E-state index < -0.39 is 0 Å². The van der Waals surface area contributed by atoms with E-state index in [1.54, 1.807) is 0 Å². The molecule has 0 unspecified atom stereocenters. The third kappa shape index (κ3) is 4.49. The standard InChI is InChI=1S/C4H9O.Al.H2.2H/c1-4(2)3-5;;;;/h4H,3H2,1-2H3;;1H;;/q-1;+1;;;. The van der Waals surface area contributed by atoms with Crippen LogP contribution >= 0.6 is 0 Å². The fraction of sp³-hybridized carbons (Fsp3) is 1.00. The summed E-state index contributed by atoms with van der Waals surface area (Å²) < 4.78 is 4.94. The Kier molecular flexibility index (Phi) is 3.98.